The van der Waals surface area contributed by atoms with E-state index < -0.39 is 62.3 Å². The van der Waals surface area contributed by atoms with E-state index in [9.17, 15) is 26.9 Å². The number of hydrogen-bond acceptors (Lipinski definition) is 5. The van der Waals surface area contributed by atoms with Crippen LogP contribution in [0.4, 0.5) is 17.6 Å². The molecule has 0 amide bonds. The van der Waals surface area contributed by atoms with Crippen molar-refractivity contribution in [2.24, 2.45) is 4.36 Å². The Bertz CT molecular complexity index is 982. The minimum absolute atomic E-state index is 0.194. The average molecular weight is 402 g/mol. The van der Waals surface area contributed by atoms with Gasteiger partial charge < -0.3 is 9.84 Å². The van der Waals surface area contributed by atoms with Gasteiger partial charge in [-0.15, -0.1) is 4.36 Å². The lowest BCUT2D eigenvalue weighted by Gasteiger charge is -2.17. The van der Waals surface area contributed by atoms with Crippen LogP contribution < -0.4 is 4.74 Å². The van der Waals surface area contributed by atoms with Crippen LogP contribution in [-0.2, 0) is 9.73 Å². The summed E-state index contributed by atoms with van der Waals surface area (Å²) >= 11 is 0. The predicted octanol–water partition coefficient (Wildman–Crippen LogP) is 3.65. The molecule has 0 fully saturated rings. The highest BCUT2D eigenvalue weighted by atomic mass is 32.2. The van der Waals surface area contributed by atoms with Gasteiger partial charge >= 0.3 is 0 Å². The van der Waals surface area contributed by atoms with Gasteiger partial charge in [0.1, 0.15) is 23.1 Å². The van der Waals surface area contributed by atoms with Gasteiger partial charge in [0, 0.05) is 28.7 Å². The van der Waals surface area contributed by atoms with Gasteiger partial charge in [-0.2, -0.15) is 5.26 Å². The fraction of sp³-hybridized carbons (Fsp3) is 0.235. The number of halogens is 4. The first-order chi connectivity index (χ1) is 12.6. The molecule has 27 heavy (non-hydrogen) atoms. The lowest BCUT2D eigenvalue weighted by Crippen LogP contribution is -2.18. The smallest absolute Gasteiger partial charge is 0.267 e. The molecule has 0 radical (unpaired) electrons. The van der Waals surface area contributed by atoms with Crippen LogP contribution in [0.15, 0.2) is 57.0 Å². The largest absolute Gasteiger partial charge is 0.457 e. The first-order valence-corrected chi connectivity index (χ1v) is 9.12. The van der Waals surface area contributed by atoms with Crippen LogP contribution >= 0.6 is 0 Å². The summed E-state index contributed by atoms with van der Waals surface area (Å²) in [5, 5.41) is 18.8. The number of nitriles is 1. The second-order valence-corrected chi connectivity index (χ2v) is 7.88. The van der Waals surface area contributed by atoms with Crippen LogP contribution in [0.5, 0.6) is 5.75 Å². The zero-order chi connectivity index (χ0) is 20.4. The number of nitrogens with zero attached hydrogens (tertiary/aromatic N) is 2. The number of aliphatic hydroxyl groups excluding tert-OH is 1. The van der Waals surface area contributed by atoms with Crippen LogP contribution in [0.2, 0.25) is 0 Å². The summed E-state index contributed by atoms with van der Waals surface area (Å²) in [5.74, 6) is -3.49. The minimum Gasteiger partial charge on any atom is -0.457 e. The van der Waals surface area contributed by atoms with E-state index in [1.165, 1.54) is 13.1 Å². The van der Waals surface area contributed by atoms with Crippen LogP contribution in [0, 0.1) is 23.1 Å². The molecule has 2 unspecified atom stereocenters. The molecule has 2 rings (SSSR count). The van der Waals surface area contributed by atoms with Gasteiger partial charge in [-0.1, -0.05) is 6.58 Å². The minimum atomic E-state index is -3.37. The Kier molecular flexibility index (Phi) is 6.08. The number of allylic oxidation sites excluding steroid dienone is 2. The Hall–Kier alpha value is -2.64. The number of aliphatic hydroxyl groups is 1. The Morgan fingerprint density at radius 3 is 2.52 bits per heavy atom. The van der Waals surface area contributed by atoms with Crippen molar-refractivity contribution < 1.29 is 31.6 Å². The molecule has 2 atom stereocenters. The zero-order valence-electron chi connectivity index (χ0n) is 14.0. The van der Waals surface area contributed by atoms with Gasteiger partial charge in [0.05, 0.1) is 27.2 Å². The van der Waals surface area contributed by atoms with E-state index in [0.717, 1.165) is 18.2 Å². The predicted molar refractivity (Wildman–Crippen MR) is 90.0 cm³/mol. The molecule has 0 saturated heterocycles. The highest BCUT2D eigenvalue weighted by Gasteiger charge is 2.38. The number of hydrogen-bond donors (Lipinski definition) is 1. The first-order valence-electron chi connectivity index (χ1n) is 7.43. The Morgan fingerprint density at radius 2 is 2.04 bits per heavy atom. The van der Waals surface area contributed by atoms with E-state index in [1.807, 2.05) is 0 Å². The first kappa shape index (κ1) is 20.7. The monoisotopic (exact) mass is 402 g/mol. The van der Waals surface area contributed by atoms with Gasteiger partial charge in [0.15, 0.2) is 0 Å². The van der Waals surface area contributed by atoms with Gasteiger partial charge in [0.25, 0.3) is 6.43 Å². The zero-order valence-corrected chi connectivity index (χ0v) is 14.8. The van der Waals surface area contributed by atoms with Crippen LogP contribution in [0.25, 0.3) is 0 Å². The fourth-order valence-electron chi connectivity index (χ4n) is 2.65. The van der Waals surface area contributed by atoms with Gasteiger partial charge in [-0.05, 0) is 13.0 Å². The molecule has 0 bridgehead atoms. The molecule has 1 aliphatic rings. The normalized spacial score (nSPS) is 23.1. The standard InChI is InChI=1S/C17H14F4N2O3S/c1-3-14(26-12-5-10(18)4-11(19)6-12)16(17(20)21)15-9(2)27(25,23-8-22)7-13(15)24/h3-6,13,17,24H,1,7H2,2H3/b16-14-. The third kappa shape index (κ3) is 4.20. The molecule has 1 aromatic rings. The summed E-state index contributed by atoms with van der Waals surface area (Å²) in [4.78, 5) is -0.194. The van der Waals surface area contributed by atoms with Crippen molar-refractivity contribution in [2.45, 2.75) is 19.5 Å². The van der Waals surface area contributed by atoms with Crippen LogP contribution in [0.3, 0.4) is 0 Å². The quantitative estimate of drug-likeness (QED) is 0.353. The molecule has 0 saturated carbocycles. The van der Waals surface area contributed by atoms with Crippen LogP contribution in [0.1, 0.15) is 6.92 Å². The third-order valence-electron chi connectivity index (χ3n) is 3.79. The van der Waals surface area contributed by atoms with Crippen molar-refractivity contribution in [1.29, 1.82) is 5.26 Å². The summed E-state index contributed by atoms with van der Waals surface area (Å²) in [7, 11) is -3.37. The molecule has 144 valence electrons. The molecule has 1 heterocycles. The van der Waals surface area contributed by atoms with Crippen molar-refractivity contribution >= 4 is 9.73 Å². The second kappa shape index (κ2) is 7.94. The molecule has 1 N–H and O–H groups in total. The fourth-order valence-corrected chi connectivity index (χ4v) is 4.43. The molecule has 0 aliphatic carbocycles. The van der Waals surface area contributed by atoms with E-state index in [-0.39, 0.29) is 4.91 Å². The van der Waals surface area contributed by atoms with E-state index in [0.29, 0.717) is 6.07 Å². The summed E-state index contributed by atoms with van der Waals surface area (Å²) < 4.78 is 75.1. The molecule has 10 heteroatoms. The molecule has 1 aliphatic heterocycles. The van der Waals surface area contributed by atoms with E-state index in [4.69, 9.17) is 10.00 Å². The van der Waals surface area contributed by atoms with Crippen LogP contribution in [-0.4, -0.2) is 27.6 Å². The number of benzene rings is 1. The molecule has 1 aromatic carbocycles. The lowest BCUT2D eigenvalue weighted by atomic mass is 10.00. The number of alkyl halides is 2. The Morgan fingerprint density at radius 1 is 1.44 bits per heavy atom. The van der Waals surface area contributed by atoms with E-state index in [2.05, 4.69) is 10.9 Å². The van der Waals surface area contributed by atoms with Gasteiger partial charge in [-0.25, -0.2) is 21.8 Å². The number of rotatable bonds is 5. The van der Waals surface area contributed by atoms with Crippen molar-refractivity contribution in [3.8, 4) is 11.9 Å². The molecular weight excluding hydrogens is 388 g/mol. The number of ether oxygens (including phenoxy) is 1. The van der Waals surface area contributed by atoms with E-state index in [1.54, 1.807) is 0 Å². The third-order valence-corrected chi connectivity index (χ3v) is 6.11. The summed E-state index contributed by atoms with van der Waals surface area (Å²) in [6, 6.07) is 2.12. The lowest BCUT2D eigenvalue weighted by molar-refractivity contribution is 0.174. The summed E-state index contributed by atoms with van der Waals surface area (Å²) in [6.45, 7) is 4.55. The van der Waals surface area contributed by atoms with Crippen molar-refractivity contribution in [3.63, 3.8) is 0 Å². The van der Waals surface area contributed by atoms with Gasteiger partial charge in [-0.3, -0.25) is 0 Å². The maximum Gasteiger partial charge on any atom is 0.267 e. The maximum atomic E-state index is 13.8. The van der Waals surface area contributed by atoms with Crippen molar-refractivity contribution in [3.05, 3.63) is 64.3 Å². The summed E-state index contributed by atoms with van der Waals surface area (Å²) in [6.07, 6.45) is -2.58. The maximum absolute atomic E-state index is 13.8. The Labute approximate surface area is 153 Å². The van der Waals surface area contributed by atoms with E-state index >= 15 is 0 Å². The van der Waals surface area contributed by atoms with Gasteiger partial charge in [0.2, 0.25) is 6.19 Å². The molecular formula is C17H14F4N2O3S. The van der Waals surface area contributed by atoms with Crippen molar-refractivity contribution in [1.82, 2.24) is 0 Å². The molecule has 0 aromatic heterocycles. The second-order valence-electron chi connectivity index (χ2n) is 5.47. The molecule has 5 nitrogen and oxygen atoms in total. The van der Waals surface area contributed by atoms with Crippen molar-refractivity contribution in [2.75, 3.05) is 5.75 Å². The molecule has 0 spiro atoms. The SMILES string of the molecule is C=C/C(Oc1cc(F)cc(F)c1)=C(\C1=C(C)S(=O)(=NC#N)CC1O)C(F)F. The summed E-state index contributed by atoms with van der Waals surface area (Å²) in [5.41, 5.74) is -1.25. The highest BCUT2D eigenvalue weighted by Crippen LogP contribution is 2.37. The highest BCUT2D eigenvalue weighted by molar-refractivity contribution is 7.97. The Balaban J connectivity index is 2.68. The topological polar surface area (TPSA) is 82.7 Å². The average Bonchev–Trinajstić information content (AvgIpc) is 2.76.